The molecule has 37 heavy (non-hydrogen) atoms. The monoisotopic (exact) mass is 511 g/mol. The van der Waals surface area contributed by atoms with Crippen LogP contribution in [0, 0.1) is 0 Å². The molecule has 0 unspecified atom stereocenters. The number of nitrogens with one attached hydrogen (secondary N) is 2. The van der Waals surface area contributed by atoms with Crippen molar-refractivity contribution in [3.05, 3.63) is 59.7 Å². The molecule has 0 radical (unpaired) electrons. The molecule has 0 fully saturated rings. The molecule has 0 aromatic heterocycles. The number of benzene rings is 2. The quantitative estimate of drug-likeness (QED) is 0.162. The molecule has 1 aliphatic carbocycles. The van der Waals surface area contributed by atoms with Crippen molar-refractivity contribution in [2.24, 2.45) is 5.16 Å². The molecule has 2 aromatic carbocycles. The fourth-order valence-electron chi connectivity index (χ4n) is 4.21. The SMILES string of the molecule is CCO/C(C)=N/OCC(=O)NCCCC[C@H](NC(=O)OCC1c2ccccc2-c2ccccc21)C(=O)O. The highest BCUT2D eigenvalue weighted by molar-refractivity contribution is 5.81. The van der Waals surface area contributed by atoms with Gasteiger partial charge in [0.25, 0.3) is 5.91 Å². The summed E-state index contributed by atoms with van der Waals surface area (Å²) in [6, 6.07) is 14.9. The van der Waals surface area contributed by atoms with Gasteiger partial charge in [-0.3, -0.25) is 4.79 Å². The minimum absolute atomic E-state index is 0.106. The highest BCUT2D eigenvalue weighted by Crippen LogP contribution is 2.44. The third-order valence-corrected chi connectivity index (χ3v) is 5.92. The first-order valence-corrected chi connectivity index (χ1v) is 12.3. The molecule has 198 valence electrons. The van der Waals surface area contributed by atoms with E-state index in [1.165, 1.54) is 0 Å². The first-order chi connectivity index (χ1) is 17.9. The molecule has 0 saturated carbocycles. The van der Waals surface area contributed by atoms with Gasteiger partial charge in [-0.05, 0) is 48.4 Å². The van der Waals surface area contributed by atoms with Crippen LogP contribution in [0.4, 0.5) is 4.79 Å². The summed E-state index contributed by atoms with van der Waals surface area (Å²) < 4.78 is 10.5. The highest BCUT2D eigenvalue weighted by atomic mass is 16.6. The van der Waals surface area contributed by atoms with Gasteiger partial charge < -0.3 is 30.1 Å². The topological polar surface area (TPSA) is 136 Å². The summed E-state index contributed by atoms with van der Waals surface area (Å²) in [6.07, 6.45) is 0.429. The van der Waals surface area contributed by atoms with Crippen LogP contribution in [0.2, 0.25) is 0 Å². The molecule has 0 spiro atoms. The van der Waals surface area contributed by atoms with Gasteiger partial charge in [-0.2, -0.15) is 0 Å². The van der Waals surface area contributed by atoms with E-state index in [4.69, 9.17) is 14.3 Å². The number of carboxylic acids is 1. The van der Waals surface area contributed by atoms with Crippen molar-refractivity contribution in [1.82, 2.24) is 10.6 Å². The maximum absolute atomic E-state index is 12.4. The van der Waals surface area contributed by atoms with Crippen molar-refractivity contribution in [2.45, 2.75) is 45.1 Å². The lowest BCUT2D eigenvalue weighted by molar-refractivity contribution is -0.139. The van der Waals surface area contributed by atoms with E-state index in [9.17, 15) is 19.5 Å². The minimum Gasteiger partial charge on any atom is -0.480 e. The Labute approximate surface area is 216 Å². The van der Waals surface area contributed by atoms with Crippen molar-refractivity contribution in [3.8, 4) is 11.1 Å². The number of carbonyl (C=O) groups is 3. The van der Waals surface area contributed by atoms with Crippen molar-refractivity contribution in [3.63, 3.8) is 0 Å². The highest BCUT2D eigenvalue weighted by Gasteiger charge is 2.29. The average molecular weight is 512 g/mol. The Morgan fingerprint density at radius 1 is 1.00 bits per heavy atom. The van der Waals surface area contributed by atoms with E-state index in [2.05, 4.69) is 15.8 Å². The lowest BCUT2D eigenvalue weighted by atomic mass is 9.98. The second-order valence-electron chi connectivity index (χ2n) is 8.52. The van der Waals surface area contributed by atoms with Gasteiger partial charge >= 0.3 is 12.1 Å². The smallest absolute Gasteiger partial charge is 0.407 e. The van der Waals surface area contributed by atoms with Crippen LogP contribution in [0.3, 0.4) is 0 Å². The maximum atomic E-state index is 12.4. The molecule has 0 bridgehead atoms. The average Bonchev–Trinajstić information content (AvgIpc) is 3.20. The number of ether oxygens (including phenoxy) is 2. The molecule has 0 aliphatic heterocycles. The number of hydrogen-bond donors (Lipinski definition) is 3. The largest absolute Gasteiger partial charge is 0.480 e. The van der Waals surface area contributed by atoms with Gasteiger partial charge in [-0.1, -0.05) is 53.7 Å². The first-order valence-electron chi connectivity index (χ1n) is 12.3. The number of oxime groups is 1. The molecular weight excluding hydrogens is 478 g/mol. The number of rotatable bonds is 13. The third kappa shape index (κ3) is 7.96. The molecule has 1 aliphatic rings. The number of carboxylic acid groups (broad SMARTS) is 1. The Morgan fingerprint density at radius 2 is 1.65 bits per heavy atom. The molecule has 2 aromatic rings. The molecule has 2 amide bonds. The lowest BCUT2D eigenvalue weighted by Gasteiger charge is -2.17. The molecule has 0 saturated heterocycles. The number of unbranched alkanes of at least 4 members (excludes halogenated alkanes) is 1. The summed E-state index contributed by atoms with van der Waals surface area (Å²) in [5, 5.41) is 18.3. The van der Waals surface area contributed by atoms with E-state index in [0.717, 1.165) is 22.3 Å². The molecule has 3 N–H and O–H groups in total. The van der Waals surface area contributed by atoms with Crippen LogP contribution in [0.1, 0.15) is 50.2 Å². The molecular formula is C27H33N3O7. The number of amides is 2. The minimum atomic E-state index is -1.14. The zero-order chi connectivity index (χ0) is 26.6. The van der Waals surface area contributed by atoms with E-state index in [1.54, 1.807) is 6.92 Å². The van der Waals surface area contributed by atoms with Crippen LogP contribution >= 0.6 is 0 Å². The van der Waals surface area contributed by atoms with Crippen LogP contribution in [0.15, 0.2) is 53.7 Å². The fraction of sp³-hybridized carbons (Fsp3) is 0.407. The van der Waals surface area contributed by atoms with Gasteiger partial charge in [0.05, 0.1) is 6.61 Å². The van der Waals surface area contributed by atoms with Crippen LogP contribution in [-0.4, -0.2) is 61.4 Å². The van der Waals surface area contributed by atoms with E-state index in [0.29, 0.717) is 31.9 Å². The number of aliphatic carboxylic acids is 1. The molecule has 3 rings (SSSR count). The number of nitrogens with zero attached hydrogens (tertiary/aromatic N) is 1. The van der Waals surface area contributed by atoms with Gasteiger partial charge in [-0.15, -0.1) is 0 Å². The maximum Gasteiger partial charge on any atom is 0.407 e. The first kappa shape index (κ1) is 27.5. The molecule has 10 heteroatoms. The van der Waals surface area contributed by atoms with E-state index >= 15 is 0 Å². The molecule has 1 atom stereocenters. The predicted molar refractivity (Wildman–Crippen MR) is 137 cm³/mol. The fourth-order valence-corrected chi connectivity index (χ4v) is 4.21. The van der Waals surface area contributed by atoms with Crippen LogP contribution in [0.5, 0.6) is 0 Å². The van der Waals surface area contributed by atoms with Crippen LogP contribution < -0.4 is 10.6 Å². The summed E-state index contributed by atoms with van der Waals surface area (Å²) in [6.45, 7) is 4.09. The van der Waals surface area contributed by atoms with Gasteiger partial charge in [0.1, 0.15) is 12.6 Å². The second kappa shape index (κ2) is 13.9. The summed E-state index contributed by atoms with van der Waals surface area (Å²) >= 11 is 0. The number of fused-ring (bicyclic) bond motifs is 3. The van der Waals surface area contributed by atoms with Crippen LogP contribution in [0.25, 0.3) is 11.1 Å². The molecule has 0 heterocycles. The van der Waals surface area contributed by atoms with Gasteiger partial charge in [0.15, 0.2) is 6.61 Å². The van der Waals surface area contributed by atoms with E-state index in [1.807, 2.05) is 55.5 Å². The Hall–Kier alpha value is -4.08. The number of carbonyl (C=O) groups excluding carboxylic acids is 2. The van der Waals surface area contributed by atoms with Gasteiger partial charge in [-0.25, -0.2) is 9.59 Å². The van der Waals surface area contributed by atoms with Crippen LogP contribution in [-0.2, 0) is 23.9 Å². The number of alkyl carbamates (subject to hydrolysis) is 1. The zero-order valence-electron chi connectivity index (χ0n) is 21.1. The standard InChI is InChI=1S/C27H33N3O7/c1-3-35-18(2)30-37-17-25(31)28-15-9-8-14-24(26(32)33)29-27(34)36-16-23-21-12-6-4-10-19(21)20-11-5-7-13-22(20)23/h4-7,10-13,23-24H,3,8-9,14-17H2,1-2H3,(H,28,31)(H,29,34)(H,32,33)/b30-18+/t24-/m0/s1. The lowest BCUT2D eigenvalue weighted by Crippen LogP contribution is -2.41. The van der Waals surface area contributed by atoms with Gasteiger partial charge in [0, 0.05) is 19.4 Å². The van der Waals surface area contributed by atoms with Gasteiger partial charge in [0.2, 0.25) is 5.90 Å². The summed E-state index contributed by atoms with van der Waals surface area (Å²) in [4.78, 5) is 40.7. The van der Waals surface area contributed by atoms with Crippen molar-refractivity contribution in [1.29, 1.82) is 0 Å². The Balaban J connectivity index is 1.39. The number of hydrogen-bond acceptors (Lipinski definition) is 7. The zero-order valence-corrected chi connectivity index (χ0v) is 21.1. The Bertz CT molecular complexity index is 1070. The van der Waals surface area contributed by atoms with E-state index < -0.39 is 18.1 Å². The van der Waals surface area contributed by atoms with Crippen molar-refractivity contribution < 1.29 is 33.8 Å². The Morgan fingerprint density at radius 3 is 2.27 bits per heavy atom. The predicted octanol–water partition coefficient (Wildman–Crippen LogP) is 3.65. The van der Waals surface area contributed by atoms with E-state index in [-0.39, 0.29) is 31.5 Å². The second-order valence-corrected chi connectivity index (χ2v) is 8.52. The normalized spacial score (nSPS) is 13.2. The summed E-state index contributed by atoms with van der Waals surface area (Å²) in [7, 11) is 0. The summed E-state index contributed by atoms with van der Waals surface area (Å²) in [5.41, 5.74) is 4.38. The summed E-state index contributed by atoms with van der Waals surface area (Å²) in [5.74, 6) is -1.27. The third-order valence-electron chi connectivity index (χ3n) is 5.92. The van der Waals surface area contributed by atoms with Crippen molar-refractivity contribution >= 4 is 23.9 Å². The Kier molecular flexibility index (Phi) is 10.3. The van der Waals surface area contributed by atoms with Crippen molar-refractivity contribution in [2.75, 3.05) is 26.4 Å². The molecule has 10 nitrogen and oxygen atoms in total.